The van der Waals surface area contributed by atoms with E-state index in [0.29, 0.717) is 24.5 Å². The minimum absolute atomic E-state index is 0.0280. The summed E-state index contributed by atoms with van der Waals surface area (Å²) >= 11 is 0. The van der Waals surface area contributed by atoms with Crippen molar-refractivity contribution in [1.29, 1.82) is 0 Å². The first kappa shape index (κ1) is 12.9. The molecule has 5 heteroatoms. The summed E-state index contributed by atoms with van der Waals surface area (Å²) in [5, 5.41) is 13.4. The number of hydrogen-bond acceptors (Lipinski definition) is 3. The zero-order valence-electron chi connectivity index (χ0n) is 11.4. The molecule has 2 aromatic rings. The molecule has 0 saturated carbocycles. The minimum atomic E-state index is -0.139. The lowest BCUT2D eigenvalue weighted by molar-refractivity contribution is 0.0584. The average molecular weight is 271 g/mol. The molecular weight excluding hydrogens is 254 g/mol. The highest BCUT2D eigenvalue weighted by molar-refractivity contribution is 5.93. The number of fused-ring (bicyclic) bond motifs is 1. The number of benzene rings is 1. The van der Waals surface area contributed by atoms with Crippen LogP contribution in [0.15, 0.2) is 36.4 Å². The van der Waals surface area contributed by atoms with Crippen LogP contribution in [0.1, 0.15) is 28.7 Å². The molecule has 0 fully saturated rings. The van der Waals surface area contributed by atoms with Crippen LogP contribution in [0.4, 0.5) is 0 Å². The fraction of sp³-hybridized carbons (Fsp3) is 0.333. The summed E-state index contributed by atoms with van der Waals surface area (Å²) in [5.41, 5.74) is 2.22. The quantitative estimate of drug-likeness (QED) is 0.918. The molecular formula is C15H17N3O2. The second-order valence-corrected chi connectivity index (χ2v) is 5.13. The molecule has 1 atom stereocenters. The van der Waals surface area contributed by atoms with Crippen LogP contribution in [0.2, 0.25) is 0 Å². The Bertz CT molecular complexity index is 621. The van der Waals surface area contributed by atoms with Crippen molar-refractivity contribution in [2.45, 2.75) is 32.7 Å². The van der Waals surface area contributed by atoms with Crippen molar-refractivity contribution < 1.29 is 9.90 Å². The lowest BCUT2D eigenvalue weighted by Gasteiger charge is -2.33. The summed E-state index contributed by atoms with van der Waals surface area (Å²) in [6.45, 7) is 3.14. The number of carbonyl (C=O) groups is 1. The van der Waals surface area contributed by atoms with Crippen LogP contribution in [0.3, 0.4) is 0 Å². The third-order valence-corrected chi connectivity index (χ3v) is 3.64. The summed E-state index contributed by atoms with van der Waals surface area (Å²) in [7, 11) is 0. The van der Waals surface area contributed by atoms with Gasteiger partial charge in [0.25, 0.3) is 5.91 Å². The van der Waals surface area contributed by atoms with Gasteiger partial charge in [-0.2, -0.15) is 5.10 Å². The van der Waals surface area contributed by atoms with Crippen molar-refractivity contribution in [3.63, 3.8) is 0 Å². The summed E-state index contributed by atoms with van der Waals surface area (Å²) in [4.78, 5) is 14.4. The zero-order valence-corrected chi connectivity index (χ0v) is 11.4. The van der Waals surface area contributed by atoms with Gasteiger partial charge in [0.2, 0.25) is 0 Å². The highest BCUT2D eigenvalue weighted by atomic mass is 16.3. The molecule has 0 saturated heterocycles. The highest BCUT2D eigenvalue weighted by Gasteiger charge is 2.31. The fourth-order valence-corrected chi connectivity index (χ4v) is 2.56. The van der Waals surface area contributed by atoms with Crippen LogP contribution in [0.25, 0.3) is 0 Å². The Balaban J connectivity index is 1.88. The molecule has 1 aliphatic rings. The second-order valence-electron chi connectivity index (χ2n) is 5.13. The number of aromatic nitrogens is 2. The van der Waals surface area contributed by atoms with E-state index in [1.165, 1.54) is 0 Å². The van der Waals surface area contributed by atoms with Gasteiger partial charge < -0.3 is 10.0 Å². The van der Waals surface area contributed by atoms with Crippen LogP contribution in [0, 0.1) is 0 Å². The van der Waals surface area contributed by atoms with E-state index in [1.807, 2.05) is 42.2 Å². The van der Waals surface area contributed by atoms with Crippen molar-refractivity contribution in [3.8, 4) is 0 Å². The van der Waals surface area contributed by atoms with Gasteiger partial charge in [-0.05, 0) is 18.6 Å². The average Bonchev–Trinajstić information content (AvgIpc) is 2.88. The van der Waals surface area contributed by atoms with E-state index in [2.05, 4.69) is 5.10 Å². The van der Waals surface area contributed by atoms with Gasteiger partial charge in [-0.15, -0.1) is 0 Å². The second kappa shape index (κ2) is 5.09. The molecule has 20 heavy (non-hydrogen) atoms. The Morgan fingerprint density at radius 1 is 1.35 bits per heavy atom. The van der Waals surface area contributed by atoms with E-state index in [4.69, 9.17) is 5.11 Å². The Labute approximate surface area is 117 Å². The fourth-order valence-electron chi connectivity index (χ4n) is 2.56. The van der Waals surface area contributed by atoms with Gasteiger partial charge in [0.15, 0.2) is 0 Å². The van der Waals surface area contributed by atoms with Crippen LogP contribution in [-0.2, 0) is 19.7 Å². The maximum absolute atomic E-state index is 12.5. The van der Waals surface area contributed by atoms with E-state index in [9.17, 15) is 4.79 Å². The number of hydrogen-bond donors (Lipinski definition) is 1. The van der Waals surface area contributed by atoms with Gasteiger partial charge >= 0.3 is 0 Å². The molecule has 1 aliphatic heterocycles. The monoisotopic (exact) mass is 271 g/mol. The first-order chi connectivity index (χ1) is 9.69. The van der Waals surface area contributed by atoms with E-state index >= 15 is 0 Å². The van der Waals surface area contributed by atoms with E-state index in [-0.39, 0.29) is 18.6 Å². The maximum Gasteiger partial charge on any atom is 0.272 e. The third kappa shape index (κ3) is 2.20. The number of aliphatic hydroxyl groups excluding tert-OH is 1. The summed E-state index contributed by atoms with van der Waals surface area (Å²) in [5.74, 6) is -0.0280. The van der Waals surface area contributed by atoms with Crippen molar-refractivity contribution in [2.24, 2.45) is 0 Å². The molecule has 3 rings (SSSR count). The van der Waals surface area contributed by atoms with Crippen molar-refractivity contribution >= 4 is 5.91 Å². The lowest BCUT2D eigenvalue weighted by atomic mass is 10.1. The molecule has 5 nitrogen and oxygen atoms in total. The summed E-state index contributed by atoms with van der Waals surface area (Å²) < 4.78 is 1.69. The van der Waals surface area contributed by atoms with E-state index < -0.39 is 0 Å². The van der Waals surface area contributed by atoms with Gasteiger partial charge in [-0.25, -0.2) is 0 Å². The molecule has 1 unspecified atom stereocenters. The molecule has 1 N–H and O–H groups in total. The standard InChI is InChI=1S/C15H17N3O2/c1-11-8-18-14(7-13(10-19)16-18)15(20)17(11)9-12-5-3-2-4-6-12/h2-7,11,19H,8-10H2,1H3. The van der Waals surface area contributed by atoms with Crippen molar-refractivity contribution in [1.82, 2.24) is 14.7 Å². The summed E-state index contributed by atoms with van der Waals surface area (Å²) in [6, 6.07) is 11.7. The van der Waals surface area contributed by atoms with Crippen LogP contribution >= 0.6 is 0 Å². The Morgan fingerprint density at radius 3 is 2.80 bits per heavy atom. The molecule has 0 spiro atoms. The van der Waals surface area contributed by atoms with Gasteiger partial charge in [0.05, 0.1) is 18.8 Å². The number of amides is 1. The van der Waals surface area contributed by atoms with Crippen LogP contribution < -0.4 is 0 Å². The van der Waals surface area contributed by atoms with Crippen molar-refractivity contribution in [2.75, 3.05) is 0 Å². The predicted octanol–water partition coefficient (Wildman–Crippen LogP) is 1.42. The largest absolute Gasteiger partial charge is 0.390 e. The topological polar surface area (TPSA) is 58.4 Å². The summed E-state index contributed by atoms with van der Waals surface area (Å²) in [6.07, 6.45) is 0. The highest BCUT2D eigenvalue weighted by Crippen LogP contribution is 2.20. The Hall–Kier alpha value is -2.14. The van der Waals surface area contributed by atoms with Crippen LogP contribution in [-0.4, -0.2) is 31.7 Å². The van der Waals surface area contributed by atoms with Crippen molar-refractivity contribution in [3.05, 3.63) is 53.3 Å². The smallest absolute Gasteiger partial charge is 0.272 e. The third-order valence-electron chi connectivity index (χ3n) is 3.64. The van der Waals surface area contributed by atoms with Gasteiger partial charge in [0, 0.05) is 12.6 Å². The molecule has 1 aromatic carbocycles. The molecule has 2 heterocycles. The van der Waals surface area contributed by atoms with Gasteiger partial charge in [0.1, 0.15) is 5.69 Å². The first-order valence-corrected chi connectivity index (χ1v) is 6.71. The number of rotatable bonds is 3. The zero-order chi connectivity index (χ0) is 14.1. The Kier molecular flexibility index (Phi) is 3.28. The van der Waals surface area contributed by atoms with E-state index in [1.54, 1.807) is 10.7 Å². The Morgan fingerprint density at radius 2 is 2.10 bits per heavy atom. The molecule has 1 amide bonds. The van der Waals surface area contributed by atoms with Crippen LogP contribution in [0.5, 0.6) is 0 Å². The minimum Gasteiger partial charge on any atom is -0.390 e. The molecule has 0 radical (unpaired) electrons. The number of nitrogens with zero attached hydrogens (tertiary/aromatic N) is 3. The molecule has 0 aliphatic carbocycles. The predicted molar refractivity (Wildman–Crippen MR) is 73.9 cm³/mol. The maximum atomic E-state index is 12.5. The number of carbonyl (C=O) groups excluding carboxylic acids is 1. The first-order valence-electron chi connectivity index (χ1n) is 6.71. The molecule has 104 valence electrons. The van der Waals surface area contributed by atoms with Gasteiger partial charge in [-0.3, -0.25) is 9.48 Å². The number of aliphatic hydroxyl groups is 1. The molecule has 1 aromatic heterocycles. The SMILES string of the molecule is CC1Cn2nc(CO)cc2C(=O)N1Cc1ccccc1. The normalized spacial score (nSPS) is 18.2. The lowest BCUT2D eigenvalue weighted by Crippen LogP contribution is -2.46. The molecule has 0 bridgehead atoms. The van der Waals surface area contributed by atoms with Gasteiger partial charge in [-0.1, -0.05) is 30.3 Å². The van der Waals surface area contributed by atoms with E-state index in [0.717, 1.165) is 5.56 Å².